The van der Waals surface area contributed by atoms with E-state index in [1.165, 1.54) is 31.0 Å². The van der Waals surface area contributed by atoms with Gasteiger partial charge in [0.25, 0.3) is 0 Å². The molecule has 1 aromatic heterocycles. The summed E-state index contributed by atoms with van der Waals surface area (Å²) < 4.78 is 73.6. The van der Waals surface area contributed by atoms with Gasteiger partial charge in [0.1, 0.15) is 34.2 Å². The van der Waals surface area contributed by atoms with E-state index >= 15 is 4.39 Å². The molecule has 0 bridgehead atoms. The Morgan fingerprint density at radius 3 is 1.89 bits per heavy atom. The summed E-state index contributed by atoms with van der Waals surface area (Å²) in [6.07, 6.45) is 4.66. The summed E-state index contributed by atoms with van der Waals surface area (Å²) in [7, 11) is 0. The van der Waals surface area contributed by atoms with Crippen LogP contribution in [-0.4, -0.2) is 22.0 Å². The van der Waals surface area contributed by atoms with Gasteiger partial charge in [-0.1, -0.05) is 31.9 Å². The SMILES string of the molecule is CC1CCC(COc2ccc(-c3ccc(-c4ccc(OC(F)F)cc4F)c4nsnc34)c(F)c2)CC1. The lowest BCUT2D eigenvalue weighted by Crippen LogP contribution is -2.18. The fourth-order valence-electron chi connectivity index (χ4n) is 4.71. The minimum Gasteiger partial charge on any atom is -0.493 e. The summed E-state index contributed by atoms with van der Waals surface area (Å²) in [6, 6.07) is 11.6. The van der Waals surface area contributed by atoms with Crippen molar-refractivity contribution in [1.82, 2.24) is 8.75 Å². The number of aromatic nitrogens is 2. The highest BCUT2D eigenvalue weighted by atomic mass is 32.1. The van der Waals surface area contributed by atoms with Crippen LogP contribution in [0.1, 0.15) is 32.6 Å². The molecule has 9 heteroatoms. The minimum absolute atomic E-state index is 0.155. The molecule has 4 aromatic rings. The van der Waals surface area contributed by atoms with Gasteiger partial charge in [-0.3, -0.25) is 0 Å². The smallest absolute Gasteiger partial charge is 0.387 e. The number of nitrogens with zero attached hydrogens (tertiary/aromatic N) is 2. The van der Waals surface area contributed by atoms with Gasteiger partial charge in [-0.05, 0) is 48.9 Å². The van der Waals surface area contributed by atoms with Crippen LogP contribution in [0.4, 0.5) is 17.6 Å². The standard InChI is InChI=1S/C27H24F4N2O2S/c1-15-2-4-16(5-3-15)14-34-17-6-8-19(23(28)12-17)21-10-11-22(26-25(21)32-36-33-26)20-9-7-18(13-24(20)29)35-27(30)31/h6-13,15-16,27H,2-5,14H2,1H3. The number of alkyl halides is 2. The molecule has 188 valence electrons. The molecule has 1 aliphatic carbocycles. The molecular weight excluding hydrogens is 492 g/mol. The number of hydrogen-bond donors (Lipinski definition) is 0. The maximum atomic E-state index is 15.2. The summed E-state index contributed by atoms with van der Waals surface area (Å²) >= 11 is 0.928. The highest BCUT2D eigenvalue weighted by molar-refractivity contribution is 7.00. The molecule has 5 rings (SSSR count). The molecule has 0 spiro atoms. The molecule has 3 aromatic carbocycles. The summed E-state index contributed by atoms with van der Waals surface area (Å²) in [5.74, 6) is 0.261. The molecule has 1 fully saturated rings. The van der Waals surface area contributed by atoms with Gasteiger partial charge in [-0.15, -0.1) is 0 Å². The number of halogens is 4. The van der Waals surface area contributed by atoms with Crippen molar-refractivity contribution < 1.29 is 27.0 Å². The van der Waals surface area contributed by atoms with Gasteiger partial charge in [0.05, 0.1) is 18.3 Å². The van der Waals surface area contributed by atoms with Crippen molar-refractivity contribution in [2.75, 3.05) is 6.61 Å². The molecule has 0 radical (unpaired) electrons. The fraction of sp³-hybridized carbons (Fsp3) is 0.333. The van der Waals surface area contributed by atoms with Gasteiger partial charge >= 0.3 is 6.61 Å². The second-order valence-electron chi connectivity index (χ2n) is 9.22. The van der Waals surface area contributed by atoms with E-state index < -0.39 is 18.2 Å². The van der Waals surface area contributed by atoms with Crippen molar-refractivity contribution in [3.63, 3.8) is 0 Å². The number of benzene rings is 3. The first-order valence-electron chi connectivity index (χ1n) is 11.8. The molecule has 0 amide bonds. The molecule has 36 heavy (non-hydrogen) atoms. The third kappa shape index (κ3) is 5.16. The van der Waals surface area contributed by atoms with Gasteiger partial charge in [-0.2, -0.15) is 17.5 Å². The zero-order chi connectivity index (χ0) is 25.2. The van der Waals surface area contributed by atoms with Crippen LogP contribution in [0.5, 0.6) is 11.5 Å². The summed E-state index contributed by atoms with van der Waals surface area (Å²) in [6.45, 7) is -0.204. The predicted molar refractivity (Wildman–Crippen MR) is 131 cm³/mol. The zero-order valence-corrected chi connectivity index (χ0v) is 20.3. The average molecular weight is 517 g/mol. The van der Waals surface area contributed by atoms with Gasteiger partial charge in [0.15, 0.2) is 0 Å². The largest absolute Gasteiger partial charge is 0.493 e. The Hall–Kier alpha value is -3.20. The van der Waals surface area contributed by atoms with Crippen LogP contribution in [0, 0.1) is 23.5 Å². The summed E-state index contributed by atoms with van der Waals surface area (Å²) in [4.78, 5) is 0. The van der Waals surface area contributed by atoms with Gasteiger partial charge in [0.2, 0.25) is 0 Å². The molecule has 0 saturated heterocycles. The maximum Gasteiger partial charge on any atom is 0.387 e. The first-order valence-corrected chi connectivity index (χ1v) is 12.5. The molecule has 1 saturated carbocycles. The highest BCUT2D eigenvalue weighted by Gasteiger charge is 2.21. The van der Waals surface area contributed by atoms with Gasteiger partial charge in [-0.25, -0.2) is 8.78 Å². The maximum absolute atomic E-state index is 15.2. The number of ether oxygens (including phenoxy) is 2. The van der Waals surface area contributed by atoms with E-state index in [4.69, 9.17) is 4.74 Å². The predicted octanol–water partition coefficient (Wildman–Crippen LogP) is 8.11. The summed E-state index contributed by atoms with van der Waals surface area (Å²) in [5, 5.41) is 0. The topological polar surface area (TPSA) is 44.2 Å². The summed E-state index contributed by atoms with van der Waals surface area (Å²) in [5.41, 5.74) is 2.25. The van der Waals surface area contributed by atoms with Crippen molar-refractivity contribution in [2.24, 2.45) is 11.8 Å². The van der Waals surface area contributed by atoms with E-state index in [-0.39, 0.29) is 11.3 Å². The Bertz CT molecular complexity index is 1370. The van der Waals surface area contributed by atoms with E-state index in [1.54, 1.807) is 24.3 Å². The van der Waals surface area contributed by atoms with Crippen LogP contribution in [0.2, 0.25) is 0 Å². The van der Waals surface area contributed by atoms with Crippen LogP contribution in [-0.2, 0) is 0 Å². The quantitative estimate of drug-likeness (QED) is 0.233. The van der Waals surface area contributed by atoms with Crippen molar-refractivity contribution in [3.05, 3.63) is 60.2 Å². The molecular formula is C27H24F4N2O2S. The van der Waals surface area contributed by atoms with Crippen molar-refractivity contribution in [3.8, 4) is 33.8 Å². The van der Waals surface area contributed by atoms with Crippen LogP contribution in [0.25, 0.3) is 33.3 Å². The third-order valence-corrected chi connectivity index (χ3v) is 7.25. The minimum atomic E-state index is -3.05. The van der Waals surface area contributed by atoms with E-state index in [0.29, 0.717) is 46.0 Å². The van der Waals surface area contributed by atoms with E-state index in [9.17, 15) is 13.2 Å². The first-order chi connectivity index (χ1) is 17.4. The van der Waals surface area contributed by atoms with Crippen molar-refractivity contribution in [2.45, 2.75) is 39.2 Å². The first kappa shape index (κ1) is 24.5. The van der Waals surface area contributed by atoms with E-state index in [1.807, 2.05) is 0 Å². The Balaban J connectivity index is 1.40. The Morgan fingerprint density at radius 2 is 1.33 bits per heavy atom. The third-order valence-electron chi connectivity index (χ3n) is 6.72. The lowest BCUT2D eigenvalue weighted by Gasteiger charge is -2.26. The Morgan fingerprint density at radius 1 is 0.806 bits per heavy atom. The Labute approximate surface area is 210 Å². The fourth-order valence-corrected chi connectivity index (χ4v) is 5.28. The molecule has 0 atom stereocenters. The molecule has 0 unspecified atom stereocenters. The normalized spacial score (nSPS) is 18.1. The van der Waals surface area contributed by atoms with E-state index in [2.05, 4.69) is 20.4 Å². The van der Waals surface area contributed by atoms with Crippen molar-refractivity contribution in [1.29, 1.82) is 0 Å². The number of fused-ring (bicyclic) bond motifs is 1. The average Bonchev–Trinajstić information content (AvgIpc) is 3.34. The van der Waals surface area contributed by atoms with Gasteiger partial charge in [0, 0.05) is 34.4 Å². The molecule has 1 heterocycles. The number of rotatable bonds is 7. The van der Waals surface area contributed by atoms with Crippen LogP contribution >= 0.6 is 11.7 Å². The lowest BCUT2D eigenvalue weighted by atomic mass is 9.83. The highest BCUT2D eigenvalue weighted by Crippen LogP contribution is 2.38. The Kier molecular flexibility index (Phi) is 7.09. The second-order valence-corrected chi connectivity index (χ2v) is 9.75. The molecule has 0 aliphatic heterocycles. The molecule has 1 aliphatic rings. The molecule has 4 nitrogen and oxygen atoms in total. The van der Waals surface area contributed by atoms with Crippen LogP contribution < -0.4 is 9.47 Å². The monoisotopic (exact) mass is 516 g/mol. The van der Waals surface area contributed by atoms with Crippen molar-refractivity contribution >= 4 is 22.8 Å². The zero-order valence-electron chi connectivity index (χ0n) is 19.5. The van der Waals surface area contributed by atoms with Crippen LogP contribution in [0.3, 0.4) is 0 Å². The second kappa shape index (κ2) is 10.4. The van der Waals surface area contributed by atoms with Gasteiger partial charge < -0.3 is 9.47 Å². The molecule has 0 N–H and O–H groups in total. The van der Waals surface area contributed by atoms with E-state index in [0.717, 1.165) is 36.6 Å². The van der Waals surface area contributed by atoms with Crippen LogP contribution in [0.15, 0.2) is 48.5 Å². The number of hydrogen-bond acceptors (Lipinski definition) is 5. The lowest BCUT2D eigenvalue weighted by molar-refractivity contribution is -0.0499.